The van der Waals surface area contributed by atoms with E-state index in [9.17, 15) is 9.59 Å². The van der Waals surface area contributed by atoms with Crippen LogP contribution in [0.3, 0.4) is 0 Å². The molecule has 4 aromatic heterocycles. The summed E-state index contributed by atoms with van der Waals surface area (Å²) in [6.07, 6.45) is 4.89. The summed E-state index contributed by atoms with van der Waals surface area (Å²) in [4.78, 5) is 43.0. The molecule has 5 heterocycles. The molecule has 0 unspecified atom stereocenters. The van der Waals surface area contributed by atoms with Crippen LogP contribution >= 0.6 is 11.3 Å². The molecule has 0 aromatic carbocycles. The molecule has 4 aromatic rings. The second kappa shape index (κ2) is 11.3. The fraction of sp³-hybridized carbons (Fsp3) is 0.414. The van der Waals surface area contributed by atoms with Crippen molar-refractivity contribution < 1.29 is 9.59 Å². The molecule has 2 atom stereocenters. The van der Waals surface area contributed by atoms with E-state index in [0.29, 0.717) is 41.3 Å². The van der Waals surface area contributed by atoms with Gasteiger partial charge in [0.25, 0.3) is 0 Å². The van der Waals surface area contributed by atoms with Gasteiger partial charge in [0, 0.05) is 44.0 Å². The van der Waals surface area contributed by atoms with E-state index in [-0.39, 0.29) is 18.0 Å². The summed E-state index contributed by atoms with van der Waals surface area (Å²) in [5.74, 6) is 0.122. The van der Waals surface area contributed by atoms with Crippen molar-refractivity contribution in [1.82, 2.24) is 29.4 Å². The van der Waals surface area contributed by atoms with E-state index in [2.05, 4.69) is 30.8 Å². The number of aromatic nitrogens is 4. The monoisotopic (exact) mass is 560 g/mol. The highest BCUT2D eigenvalue weighted by atomic mass is 32.1. The molecule has 0 radical (unpaired) electrons. The normalized spacial score (nSPS) is 15.8. The second-order valence-corrected chi connectivity index (χ2v) is 11.3. The Hall–Kier alpha value is -3.83. The van der Waals surface area contributed by atoms with Crippen LogP contribution in [0, 0.1) is 0 Å². The van der Waals surface area contributed by atoms with Crippen LogP contribution < -0.4 is 10.6 Å². The predicted molar refractivity (Wildman–Crippen MR) is 159 cm³/mol. The lowest BCUT2D eigenvalue weighted by atomic mass is 9.94. The number of primary amides is 1. The van der Waals surface area contributed by atoms with Gasteiger partial charge in [-0.15, -0.1) is 11.3 Å². The van der Waals surface area contributed by atoms with Crippen LogP contribution in [0.1, 0.15) is 43.1 Å². The molecule has 1 aliphatic heterocycles. The number of hydrogen-bond donors (Lipinski definition) is 1. The predicted octanol–water partition coefficient (Wildman–Crippen LogP) is 3.56. The van der Waals surface area contributed by atoms with Crippen molar-refractivity contribution in [3.8, 4) is 21.8 Å². The Morgan fingerprint density at radius 3 is 2.55 bits per heavy atom. The standard InChI is InChI=1S/C29H36N8O2S/c1-6-35(7-2)18(3)15-20-19(26(30)38)16-23(33-27(20)36-12-11-24(36)29(39)34(4)5)21-17-31-37-13-10-22(32-28(21)37)25-9-8-14-40-25/h8-10,13-14,16-18,24H,6-7,11-12,15H2,1-5H3,(H2,30,38)/t18-,24-/m0/s1. The van der Waals surface area contributed by atoms with Gasteiger partial charge in [-0.1, -0.05) is 19.9 Å². The summed E-state index contributed by atoms with van der Waals surface area (Å²) in [6.45, 7) is 8.84. The minimum atomic E-state index is -0.522. The maximum atomic E-state index is 13.0. The van der Waals surface area contributed by atoms with Gasteiger partial charge >= 0.3 is 0 Å². The number of nitrogens with two attached hydrogens (primary N) is 1. The van der Waals surface area contributed by atoms with Crippen LogP contribution in [-0.2, 0) is 11.2 Å². The van der Waals surface area contributed by atoms with Gasteiger partial charge in [0.15, 0.2) is 5.65 Å². The van der Waals surface area contributed by atoms with Gasteiger partial charge < -0.3 is 20.4 Å². The molecule has 0 aliphatic carbocycles. The quantitative estimate of drug-likeness (QED) is 0.316. The average molecular weight is 561 g/mol. The van der Waals surface area contributed by atoms with Crippen LogP contribution in [0.5, 0.6) is 0 Å². The van der Waals surface area contributed by atoms with Gasteiger partial charge in [-0.3, -0.25) is 9.59 Å². The zero-order chi connectivity index (χ0) is 28.6. The van der Waals surface area contributed by atoms with Crippen LogP contribution in [0.4, 0.5) is 5.82 Å². The van der Waals surface area contributed by atoms with Gasteiger partial charge in [0.1, 0.15) is 11.9 Å². The Kier molecular flexibility index (Phi) is 7.86. The topological polar surface area (TPSA) is 113 Å². The molecule has 0 bridgehead atoms. The van der Waals surface area contributed by atoms with Crippen molar-refractivity contribution in [3.63, 3.8) is 0 Å². The first-order chi connectivity index (χ1) is 19.2. The second-order valence-electron chi connectivity index (χ2n) is 10.3. The van der Waals surface area contributed by atoms with Crippen molar-refractivity contribution in [2.75, 3.05) is 38.6 Å². The van der Waals surface area contributed by atoms with Crippen LogP contribution in [0.25, 0.3) is 27.5 Å². The summed E-state index contributed by atoms with van der Waals surface area (Å²) >= 11 is 1.62. The summed E-state index contributed by atoms with van der Waals surface area (Å²) < 4.78 is 1.70. The summed E-state index contributed by atoms with van der Waals surface area (Å²) in [7, 11) is 3.52. The van der Waals surface area contributed by atoms with E-state index in [0.717, 1.165) is 35.6 Å². The molecule has 1 aliphatic rings. The number of nitrogens with zero attached hydrogens (tertiary/aromatic N) is 7. The van der Waals surface area contributed by atoms with Gasteiger partial charge in [-0.2, -0.15) is 5.10 Å². The Morgan fingerprint density at radius 2 is 1.95 bits per heavy atom. The number of thiophene rings is 1. The Morgan fingerprint density at radius 1 is 1.18 bits per heavy atom. The number of amides is 2. The molecule has 1 saturated heterocycles. The van der Waals surface area contributed by atoms with Gasteiger partial charge in [-0.25, -0.2) is 14.5 Å². The van der Waals surface area contributed by atoms with Crippen LogP contribution in [0.2, 0.25) is 0 Å². The van der Waals surface area contributed by atoms with E-state index >= 15 is 0 Å². The molecule has 1 fully saturated rings. The number of fused-ring (bicyclic) bond motifs is 1. The first kappa shape index (κ1) is 27.7. The lowest BCUT2D eigenvalue weighted by Gasteiger charge is -2.43. The van der Waals surface area contributed by atoms with Gasteiger partial charge in [0.2, 0.25) is 11.8 Å². The molecule has 2 amide bonds. The smallest absolute Gasteiger partial charge is 0.249 e. The zero-order valence-corrected chi connectivity index (χ0v) is 24.5. The van der Waals surface area contributed by atoms with Crippen molar-refractivity contribution in [2.45, 2.75) is 45.7 Å². The van der Waals surface area contributed by atoms with Crippen LogP contribution in [0.15, 0.2) is 42.0 Å². The maximum Gasteiger partial charge on any atom is 0.249 e. The van der Waals surface area contributed by atoms with E-state index in [4.69, 9.17) is 15.7 Å². The fourth-order valence-corrected chi connectivity index (χ4v) is 6.13. The summed E-state index contributed by atoms with van der Waals surface area (Å²) in [6, 6.07) is 7.52. The lowest BCUT2D eigenvalue weighted by Crippen LogP contribution is -2.56. The Bertz CT molecular complexity index is 1530. The molecule has 5 rings (SSSR count). The minimum Gasteiger partial charge on any atom is -0.366 e. The Labute approximate surface area is 238 Å². The third kappa shape index (κ3) is 5.06. The van der Waals surface area contributed by atoms with Crippen molar-refractivity contribution in [2.24, 2.45) is 5.73 Å². The minimum absolute atomic E-state index is 0.0139. The third-order valence-corrected chi connectivity index (χ3v) is 8.63. The third-order valence-electron chi connectivity index (χ3n) is 7.74. The number of pyridine rings is 1. The number of hydrogen-bond acceptors (Lipinski definition) is 8. The summed E-state index contributed by atoms with van der Waals surface area (Å²) in [5.41, 5.74) is 9.92. The fourth-order valence-electron chi connectivity index (χ4n) is 5.43. The first-order valence-electron chi connectivity index (χ1n) is 13.7. The molecule has 11 heteroatoms. The highest BCUT2D eigenvalue weighted by Crippen LogP contribution is 2.36. The van der Waals surface area contributed by atoms with E-state index in [1.807, 2.05) is 34.7 Å². The lowest BCUT2D eigenvalue weighted by molar-refractivity contribution is -0.131. The molecule has 40 heavy (non-hydrogen) atoms. The summed E-state index contributed by atoms with van der Waals surface area (Å²) in [5, 5.41) is 6.52. The SMILES string of the molecule is CCN(CC)[C@@H](C)Cc1c(C(N)=O)cc(-c2cnn3ccc(-c4cccs4)nc23)nc1N1CC[C@H]1C(=O)N(C)C. The van der Waals surface area contributed by atoms with Crippen molar-refractivity contribution in [3.05, 3.63) is 53.2 Å². The zero-order valence-electron chi connectivity index (χ0n) is 23.7. The number of carbonyl (C=O) groups is 2. The number of anilines is 1. The number of carbonyl (C=O) groups excluding carboxylic acids is 2. The van der Waals surface area contributed by atoms with E-state index in [1.54, 1.807) is 47.1 Å². The van der Waals surface area contributed by atoms with E-state index in [1.165, 1.54) is 0 Å². The van der Waals surface area contributed by atoms with Crippen molar-refractivity contribution >= 4 is 34.6 Å². The highest BCUT2D eigenvalue weighted by molar-refractivity contribution is 7.13. The first-order valence-corrected chi connectivity index (χ1v) is 14.6. The number of rotatable bonds is 10. The largest absolute Gasteiger partial charge is 0.366 e. The molecule has 2 N–H and O–H groups in total. The number of likely N-dealkylation sites (N-methyl/N-ethyl adjacent to an activating group) is 2. The maximum absolute atomic E-state index is 13.0. The molecule has 0 saturated carbocycles. The van der Waals surface area contributed by atoms with E-state index < -0.39 is 5.91 Å². The van der Waals surface area contributed by atoms with Gasteiger partial charge in [0.05, 0.1) is 28.0 Å². The van der Waals surface area contributed by atoms with Crippen LogP contribution in [-0.4, -0.2) is 87.0 Å². The molecular formula is C29H36N8O2S. The van der Waals surface area contributed by atoms with Gasteiger partial charge in [-0.05, 0) is 56.4 Å². The highest BCUT2D eigenvalue weighted by Gasteiger charge is 2.38. The molecule has 0 spiro atoms. The molecule has 210 valence electrons. The molecular weight excluding hydrogens is 524 g/mol. The van der Waals surface area contributed by atoms with Crippen molar-refractivity contribution in [1.29, 1.82) is 0 Å². The Balaban J connectivity index is 1.67. The average Bonchev–Trinajstić information content (AvgIpc) is 3.59. The molecule has 10 nitrogen and oxygen atoms in total.